The highest BCUT2D eigenvalue weighted by Crippen LogP contribution is 2.33. The third kappa shape index (κ3) is 7.63. The van der Waals surface area contributed by atoms with Crippen molar-refractivity contribution in [2.24, 2.45) is 0 Å². The van der Waals surface area contributed by atoms with Gasteiger partial charge in [0.05, 0.1) is 16.7 Å². The third-order valence-electron chi connectivity index (χ3n) is 6.80. The molecule has 1 heterocycles. The van der Waals surface area contributed by atoms with E-state index >= 15 is 0 Å². The maximum absolute atomic E-state index is 13.4. The summed E-state index contributed by atoms with van der Waals surface area (Å²) < 4.78 is 30.0. The minimum Gasteiger partial charge on any atom is -0.484 e. The van der Waals surface area contributed by atoms with Crippen LogP contribution in [0.15, 0.2) is 115 Å². The lowest BCUT2D eigenvalue weighted by molar-refractivity contribution is -0.199. The first-order valence-corrected chi connectivity index (χ1v) is 14.2. The molecule has 5 atom stereocenters. The summed E-state index contributed by atoms with van der Waals surface area (Å²) in [6.45, 7) is 1.69. The Balaban J connectivity index is 1.47. The highest BCUT2D eigenvalue weighted by atomic mass is 32.1. The predicted octanol–water partition coefficient (Wildman–Crippen LogP) is 5.71. The average Bonchev–Trinajstić information content (AvgIpc) is 3.05. The molecule has 0 bridgehead atoms. The van der Waals surface area contributed by atoms with Crippen LogP contribution < -0.4 is 4.74 Å². The van der Waals surface area contributed by atoms with Crippen LogP contribution in [0.4, 0.5) is 0 Å². The highest BCUT2D eigenvalue weighted by molar-refractivity contribution is 7.80. The summed E-state index contributed by atoms with van der Waals surface area (Å²) in [4.78, 5) is 39.3. The van der Waals surface area contributed by atoms with Crippen molar-refractivity contribution in [3.63, 3.8) is 0 Å². The molecule has 4 aromatic rings. The van der Waals surface area contributed by atoms with Crippen molar-refractivity contribution >= 4 is 30.5 Å². The van der Waals surface area contributed by atoms with E-state index in [0.29, 0.717) is 22.4 Å². The normalized spacial score (nSPS) is 21.3. The van der Waals surface area contributed by atoms with Gasteiger partial charge >= 0.3 is 17.9 Å². The maximum Gasteiger partial charge on any atom is 0.338 e. The van der Waals surface area contributed by atoms with E-state index in [0.717, 1.165) is 5.56 Å². The Labute approximate surface area is 254 Å². The van der Waals surface area contributed by atoms with Crippen molar-refractivity contribution in [1.29, 1.82) is 0 Å². The fourth-order valence-electron chi connectivity index (χ4n) is 4.55. The van der Waals surface area contributed by atoms with Crippen molar-refractivity contribution in [3.8, 4) is 5.75 Å². The van der Waals surface area contributed by atoms with Crippen LogP contribution in [0.1, 0.15) is 36.6 Å². The molecule has 1 saturated heterocycles. The Morgan fingerprint density at radius 3 is 1.60 bits per heavy atom. The molecule has 0 unspecified atom stereocenters. The molecule has 0 aromatic heterocycles. The fourth-order valence-corrected chi connectivity index (χ4v) is 4.94. The molecule has 0 amide bonds. The fraction of sp³-hybridized carbons (Fsp3) is 0.206. The van der Waals surface area contributed by atoms with Crippen LogP contribution in [0, 0.1) is 6.92 Å². The molecule has 9 heteroatoms. The van der Waals surface area contributed by atoms with Crippen LogP contribution in [-0.4, -0.2) is 54.4 Å². The van der Waals surface area contributed by atoms with E-state index in [1.54, 1.807) is 103 Å². The van der Waals surface area contributed by atoms with Crippen LogP contribution in [0.2, 0.25) is 0 Å². The highest BCUT2D eigenvalue weighted by Gasteiger charge is 2.51. The number of aryl methyl sites for hydroxylation is 1. The van der Waals surface area contributed by atoms with E-state index in [4.69, 9.17) is 23.7 Å². The SMILES string of the molecule is Cc1ccc(O[C@@H]2[C@H](OC(=O)c3ccccc3)[C@@H](OC(=O)c3ccccc3)[C@H](S)O[C@@H]2COC(=O)c2ccccc2)cc1. The molecular formula is C34H30O8S. The molecule has 5 rings (SSSR count). The van der Waals surface area contributed by atoms with Crippen molar-refractivity contribution in [3.05, 3.63) is 138 Å². The molecule has 4 aromatic carbocycles. The van der Waals surface area contributed by atoms with Gasteiger partial charge in [-0.1, -0.05) is 72.3 Å². The lowest BCUT2D eigenvalue weighted by Crippen LogP contribution is -2.62. The lowest BCUT2D eigenvalue weighted by atomic mass is 9.98. The van der Waals surface area contributed by atoms with Crippen molar-refractivity contribution < 1.29 is 38.1 Å². The summed E-state index contributed by atoms with van der Waals surface area (Å²) >= 11 is 4.58. The number of hydrogen-bond acceptors (Lipinski definition) is 9. The zero-order chi connectivity index (χ0) is 30.2. The number of benzene rings is 4. The number of carbonyl (C=O) groups is 3. The van der Waals surface area contributed by atoms with Crippen LogP contribution in [0.25, 0.3) is 0 Å². The van der Waals surface area contributed by atoms with Crippen molar-refractivity contribution in [1.82, 2.24) is 0 Å². The second-order valence-electron chi connectivity index (χ2n) is 9.90. The number of esters is 3. The summed E-state index contributed by atoms with van der Waals surface area (Å²) in [6, 6.07) is 32.6. The first kappa shape index (κ1) is 29.9. The molecule has 0 spiro atoms. The van der Waals surface area contributed by atoms with Crippen LogP contribution in [0.3, 0.4) is 0 Å². The summed E-state index contributed by atoms with van der Waals surface area (Å²) in [5.74, 6) is -1.43. The van der Waals surface area contributed by atoms with Crippen molar-refractivity contribution in [2.75, 3.05) is 6.61 Å². The molecule has 43 heavy (non-hydrogen) atoms. The van der Waals surface area contributed by atoms with E-state index in [1.165, 1.54) is 0 Å². The van der Waals surface area contributed by atoms with E-state index in [2.05, 4.69) is 12.6 Å². The third-order valence-corrected chi connectivity index (χ3v) is 7.21. The van der Waals surface area contributed by atoms with Gasteiger partial charge in [0.25, 0.3) is 0 Å². The molecule has 220 valence electrons. The number of carbonyl (C=O) groups excluding carboxylic acids is 3. The molecule has 1 aliphatic rings. The number of hydrogen-bond donors (Lipinski definition) is 1. The smallest absolute Gasteiger partial charge is 0.338 e. The molecule has 0 saturated carbocycles. The van der Waals surface area contributed by atoms with E-state index < -0.39 is 47.8 Å². The van der Waals surface area contributed by atoms with Gasteiger partial charge in [-0.25, -0.2) is 14.4 Å². The quantitative estimate of drug-likeness (QED) is 0.149. The molecule has 0 aliphatic carbocycles. The number of ether oxygens (including phenoxy) is 5. The Morgan fingerprint density at radius 2 is 1.09 bits per heavy atom. The van der Waals surface area contributed by atoms with Gasteiger partial charge in [-0.05, 0) is 55.5 Å². The predicted molar refractivity (Wildman–Crippen MR) is 161 cm³/mol. The molecule has 0 N–H and O–H groups in total. The molecule has 1 aliphatic heterocycles. The molecule has 0 radical (unpaired) electrons. The van der Waals surface area contributed by atoms with Gasteiger partial charge < -0.3 is 23.7 Å². The summed E-state index contributed by atoms with van der Waals surface area (Å²) in [6.07, 6.45) is -4.38. The van der Waals surface area contributed by atoms with Crippen molar-refractivity contribution in [2.45, 2.75) is 36.8 Å². The summed E-state index contributed by atoms with van der Waals surface area (Å²) in [7, 11) is 0. The summed E-state index contributed by atoms with van der Waals surface area (Å²) in [5.41, 5.74) is 0.904. The van der Waals surface area contributed by atoms with Gasteiger partial charge in [-0.15, -0.1) is 12.6 Å². The van der Waals surface area contributed by atoms with Gasteiger partial charge in [0, 0.05) is 0 Å². The zero-order valence-electron chi connectivity index (χ0n) is 23.3. The Morgan fingerprint density at radius 1 is 0.628 bits per heavy atom. The van der Waals surface area contributed by atoms with Crippen LogP contribution >= 0.6 is 12.6 Å². The maximum atomic E-state index is 13.4. The van der Waals surface area contributed by atoms with E-state index in [1.807, 2.05) is 19.1 Å². The first-order chi connectivity index (χ1) is 20.9. The molecular weight excluding hydrogens is 568 g/mol. The van der Waals surface area contributed by atoms with Crippen LogP contribution in [-0.2, 0) is 18.9 Å². The zero-order valence-corrected chi connectivity index (χ0v) is 24.2. The standard InChI is InChI=1S/C34H30O8S/c1-22-17-19-26(20-18-22)39-28-27(21-38-31(35)23-11-5-2-6-12-23)40-34(43)30(42-33(37)25-15-9-4-10-16-25)29(28)41-32(36)24-13-7-3-8-14-24/h2-20,27-30,34,43H,21H2,1H3/t27-,28+,29+,30-,34+/m1/s1. The van der Waals surface area contributed by atoms with Gasteiger partial charge in [-0.3, -0.25) is 0 Å². The minimum atomic E-state index is -1.20. The lowest BCUT2D eigenvalue weighted by Gasteiger charge is -2.43. The molecule has 8 nitrogen and oxygen atoms in total. The summed E-state index contributed by atoms with van der Waals surface area (Å²) in [5, 5.41) is 0. The Hall–Kier alpha value is -4.60. The molecule has 1 fully saturated rings. The van der Waals surface area contributed by atoms with Crippen LogP contribution in [0.5, 0.6) is 5.75 Å². The first-order valence-electron chi connectivity index (χ1n) is 13.7. The van der Waals surface area contributed by atoms with E-state index in [9.17, 15) is 14.4 Å². The van der Waals surface area contributed by atoms with Gasteiger partial charge in [0.2, 0.25) is 0 Å². The van der Waals surface area contributed by atoms with Gasteiger partial charge in [0.15, 0.2) is 18.3 Å². The minimum absolute atomic E-state index is 0.250. The number of rotatable bonds is 9. The second kappa shape index (κ2) is 14.0. The number of thiol groups is 1. The Kier molecular flexibility index (Phi) is 9.76. The largest absolute Gasteiger partial charge is 0.484 e. The van der Waals surface area contributed by atoms with Gasteiger partial charge in [-0.2, -0.15) is 0 Å². The second-order valence-corrected chi connectivity index (χ2v) is 10.4. The average molecular weight is 599 g/mol. The topological polar surface area (TPSA) is 97.4 Å². The Bertz CT molecular complexity index is 1510. The van der Waals surface area contributed by atoms with Gasteiger partial charge in [0.1, 0.15) is 23.9 Å². The monoisotopic (exact) mass is 598 g/mol. The van der Waals surface area contributed by atoms with E-state index in [-0.39, 0.29) is 6.61 Å².